The third-order valence-electron chi connectivity index (χ3n) is 5.44. The summed E-state index contributed by atoms with van der Waals surface area (Å²) in [4.78, 5) is 25.7. The van der Waals surface area contributed by atoms with Crippen LogP contribution >= 0.6 is 0 Å². The fourth-order valence-corrected chi connectivity index (χ4v) is 3.03. The smallest absolute Gasteiger partial charge is 0.410 e. The van der Waals surface area contributed by atoms with Crippen LogP contribution < -0.4 is 0 Å². The van der Waals surface area contributed by atoms with E-state index in [0.717, 1.165) is 38.5 Å². The Labute approximate surface area is 173 Å². The van der Waals surface area contributed by atoms with E-state index in [9.17, 15) is 9.59 Å². The topological polar surface area (TPSA) is 55.8 Å². The van der Waals surface area contributed by atoms with E-state index in [1.54, 1.807) is 14.0 Å². The minimum absolute atomic E-state index is 0.361. The molecule has 166 valence electrons. The molecule has 0 heterocycles. The summed E-state index contributed by atoms with van der Waals surface area (Å²) in [5, 5.41) is 0. The highest BCUT2D eigenvalue weighted by Crippen LogP contribution is 2.14. The zero-order chi connectivity index (χ0) is 21.2. The lowest BCUT2D eigenvalue weighted by molar-refractivity contribution is -0.148. The Morgan fingerprint density at radius 1 is 0.821 bits per heavy atom. The molecule has 0 rings (SSSR count). The molecule has 0 spiro atoms. The van der Waals surface area contributed by atoms with E-state index in [2.05, 4.69) is 20.8 Å². The van der Waals surface area contributed by atoms with Gasteiger partial charge in [0, 0.05) is 7.05 Å². The van der Waals surface area contributed by atoms with Crippen LogP contribution in [0.1, 0.15) is 105 Å². The molecule has 5 heteroatoms. The second kappa shape index (κ2) is 17.8. The molecule has 0 aromatic rings. The van der Waals surface area contributed by atoms with Crippen LogP contribution in [0.15, 0.2) is 0 Å². The quantitative estimate of drug-likeness (QED) is 0.211. The summed E-state index contributed by atoms with van der Waals surface area (Å²) in [5.74, 6) is 0.0296. The van der Waals surface area contributed by atoms with Gasteiger partial charge in [0.15, 0.2) is 0 Å². The Bertz CT molecular complexity index is 400. The molecule has 0 aliphatic rings. The van der Waals surface area contributed by atoms with Crippen LogP contribution in [0.4, 0.5) is 4.79 Å². The maximum Gasteiger partial charge on any atom is 0.410 e. The van der Waals surface area contributed by atoms with Crippen molar-refractivity contribution >= 4 is 12.1 Å². The largest absolute Gasteiger partial charge is 0.464 e. The zero-order valence-electron chi connectivity index (χ0n) is 19.1. The molecule has 0 N–H and O–H groups in total. The number of carbonyl (C=O) groups excluding carboxylic acids is 2. The summed E-state index contributed by atoms with van der Waals surface area (Å²) < 4.78 is 10.7. The van der Waals surface area contributed by atoms with Crippen LogP contribution in [0.25, 0.3) is 0 Å². The second-order valence-electron chi connectivity index (χ2n) is 7.92. The predicted octanol–water partition coefficient (Wildman–Crippen LogP) is 6.34. The van der Waals surface area contributed by atoms with Gasteiger partial charge in [0.25, 0.3) is 0 Å². The number of nitrogens with zero attached hydrogens (tertiary/aromatic N) is 1. The number of amides is 1. The molecule has 0 saturated heterocycles. The first-order valence-electron chi connectivity index (χ1n) is 11.5. The zero-order valence-corrected chi connectivity index (χ0v) is 19.1. The summed E-state index contributed by atoms with van der Waals surface area (Å²) >= 11 is 0. The van der Waals surface area contributed by atoms with Gasteiger partial charge in [0.1, 0.15) is 6.04 Å². The van der Waals surface area contributed by atoms with E-state index in [1.165, 1.54) is 43.4 Å². The molecule has 0 bridgehead atoms. The number of esters is 1. The van der Waals surface area contributed by atoms with Gasteiger partial charge in [-0.15, -0.1) is 0 Å². The van der Waals surface area contributed by atoms with E-state index >= 15 is 0 Å². The number of unbranched alkanes of at least 4 members (excludes halogenated alkanes) is 8. The second-order valence-corrected chi connectivity index (χ2v) is 7.92. The minimum atomic E-state index is -0.628. The van der Waals surface area contributed by atoms with Crippen LogP contribution in [-0.4, -0.2) is 43.3 Å². The van der Waals surface area contributed by atoms with E-state index in [-0.39, 0.29) is 5.97 Å². The first-order valence-corrected chi connectivity index (χ1v) is 11.5. The van der Waals surface area contributed by atoms with Gasteiger partial charge in [-0.3, -0.25) is 4.90 Å². The van der Waals surface area contributed by atoms with Gasteiger partial charge in [-0.2, -0.15) is 0 Å². The summed E-state index contributed by atoms with van der Waals surface area (Å²) in [6.45, 7) is 9.03. The van der Waals surface area contributed by atoms with Gasteiger partial charge >= 0.3 is 12.1 Å². The molecule has 0 aromatic heterocycles. The van der Waals surface area contributed by atoms with Crippen molar-refractivity contribution in [3.8, 4) is 0 Å². The van der Waals surface area contributed by atoms with Gasteiger partial charge in [0.05, 0.1) is 13.2 Å². The monoisotopic (exact) mass is 399 g/mol. The molecule has 0 aliphatic carbocycles. The molecule has 5 nitrogen and oxygen atoms in total. The average molecular weight is 400 g/mol. The molecular weight excluding hydrogens is 354 g/mol. The minimum Gasteiger partial charge on any atom is -0.464 e. The van der Waals surface area contributed by atoms with Crippen LogP contribution in [0.3, 0.4) is 0 Å². The van der Waals surface area contributed by atoms with Crippen LogP contribution in [0.5, 0.6) is 0 Å². The van der Waals surface area contributed by atoms with E-state index in [1.807, 2.05) is 0 Å². The van der Waals surface area contributed by atoms with Crippen molar-refractivity contribution in [1.29, 1.82) is 0 Å². The number of hydrogen-bond acceptors (Lipinski definition) is 4. The van der Waals surface area contributed by atoms with Gasteiger partial charge in [0.2, 0.25) is 0 Å². The molecule has 0 fully saturated rings. The Balaban J connectivity index is 3.95. The van der Waals surface area contributed by atoms with Gasteiger partial charge in [-0.25, -0.2) is 9.59 Å². The van der Waals surface area contributed by atoms with E-state index in [0.29, 0.717) is 19.1 Å². The normalized spacial score (nSPS) is 13.0. The standard InChI is InChI=1S/C23H45NO4/c1-6-9-11-12-13-14-15-16-18-27-22(25)20(4)24(5)23(26)28-19-21(8-3)17-10-7-2/h20-21H,6-19H2,1-5H3. The molecule has 0 aromatic carbocycles. The lowest BCUT2D eigenvalue weighted by Gasteiger charge is -2.24. The van der Waals surface area contributed by atoms with Crippen LogP contribution in [0.2, 0.25) is 0 Å². The van der Waals surface area contributed by atoms with Crippen molar-refractivity contribution < 1.29 is 19.1 Å². The molecule has 0 saturated carbocycles. The highest BCUT2D eigenvalue weighted by molar-refractivity contribution is 5.80. The molecule has 2 unspecified atom stereocenters. The highest BCUT2D eigenvalue weighted by Gasteiger charge is 2.25. The molecular formula is C23H45NO4. The fourth-order valence-electron chi connectivity index (χ4n) is 3.03. The number of likely N-dealkylation sites (N-methyl/N-ethyl adjacent to an activating group) is 1. The van der Waals surface area contributed by atoms with Gasteiger partial charge < -0.3 is 9.47 Å². The van der Waals surface area contributed by atoms with Crippen molar-refractivity contribution in [2.45, 2.75) is 111 Å². The van der Waals surface area contributed by atoms with Crippen molar-refractivity contribution in [1.82, 2.24) is 4.90 Å². The summed E-state index contributed by atoms with van der Waals surface area (Å²) in [5.41, 5.74) is 0. The Morgan fingerprint density at radius 3 is 1.96 bits per heavy atom. The van der Waals surface area contributed by atoms with Crippen molar-refractivity contribution in [3.63, 3.8) is 0 Å². The number of rotatable bonds is 17. The first kappa shape index (κ1) is 26.7. The van der Waals surface area contributed by atoms with Crippen LogP contribution in [-0.2, 0) is 14.3 Å². The summed E-state index contributed by atoms with van der Waals surface area (Å²) in [6, 6.07) is -0.628. The molecule has 0 aliphatic heterocycles. The predicted molar refractivity (Wildman–Crippen MR) is 115 cm³/mol. The maximum absolute atomic E-state index is 12.2. The average Bonchev–Trinajstić information content (AvgIpc) is 2.71. The van der Waals surface area contributed by atoms with Crippen molar-refractivity contribution in [3.05, 3.63) is 0 Å². The Kier molecular flexibility index (Phi) is 17.0. The molecule has 1 amide bonds. The van der Waals surface area contributed by atoms with Crippen LogP contribution in [0, 0.1) is 5.92 Å². The van der Waals surface area contributed by atoms with E-state index in [4.69, 9.17) is 9.47 Å². The van der Waals surface area contributed by atoms with Gasteiger partial charge in [-0.1, -0.05) is 85.0 Å². The van der Waals surface area contributed by atoms with Crippen molar-refractivity contribution in [2.75, 3.05) is 20.3 Å². The third kappa shape index (κ3) is 13.0. The van der Waals surface area contributed by atoms with E-state index < -0.39 is 12.1 Å². The summed E-state index contributed by atoms with van der Waals surface area (Å²) in [7, 11) is 1.59. The number of carbonyl (C=O) groups is 2. The molecule has 28 heavy (non-hydrogen) atoms. The van der Waals surface area contributed by atoms with Crippen molar-refractivity contribution in [2.24, 2.45) is 5.92 Å². The lowest BCUT2D eigenvalue weighted by Crippen LogP contribution is -2.42. The SMILES string of the molecule is CCCCCCCCCCOC(=O)C(C)N(C)C(=O)OCC(CC)CCCC. The molecule has 0 radical (unpaired) electrons. The third-order valence-corrected chi connectivity index (χ3v) is 5.44. The fraction of sp³-hybridized carbons (Fsp3) is 0.913. The van der Waals surface area contributed by atoms with Gasteiger partial charge in [-0.05, 0) is 25.7 Å². The Morgan fingerprint density at radius 2 is 1.39 bits per heavy atom. The maximum atomic E-state index is 12.2. The summed E-state index contributed by atoms with van der Waals surface area (Å²) in [6.07, 6.45) is 13.5. The highest BCUT2D eigenvalue weighted by atomic mass is 16.6. The lowest BCUT2D eigenvalue weighted by atomic mass is 10.0. The first-order chi connectivity index (χ1) is 13.5. The number of ether oxygens (including phenoxy) is 2. The molecule has 2 atom stereocenters. The Hall–Kier alpha value is -1.26. The number of hydrogen-bond donors (Lipinski definition) is 0.